The highest BCUT2D eigenvalue weighted by Crippen LogP contribution is 2.27. The maximum absolute atomic E-state index is 12.1. The van der Waals surface area contributed by atoms with E-state index in [-0.39, 0.29) is 11.8 Å². The standard InChI is InChI=1S/C13H16ClNO/c1-10(9-14)13(16)15-8-4-6-11-5-2-3-7-12(11)15/h2-3,5,7,10H,4,6,8-9H2,1H3. The highest BCUT2D eigenvalue weighted by molar-refractivity contribution is 6.19. The van der Waals surface area contributed by atoms with Crippen LogP contribution in [0, 0.1) is 5.92 Å². The second kappa shape index (κ2) is 4.88. The molecule has 0 bridgehead atoms. The summed E-state index contributed by atoms with van der Waals surface area (Å²) in [7, 11) is 0. The molecule has 1 aliphatic rings. The van der Waals surface area contributed by atoms with E-state index in [1.807, 2.05) is 30.0 Å². The van der Waals surface area contributed by atoms with Gasteiger partial charge in [0.15, 0.2) is 0 Å². The van der Waals surface area contributed by atoms with Crippen LogP contribution in [0.1, 0.15) is 18.9 Å². The van der Waals surface area contributed by atoms with Gasteiger partial charge in [0.1, 0.15) is 0 Å². The van der Waals surface area contributed by atoms with Crippen molar-refractivity contribution in [2.45, 2.75) is 19.8 Å². The molecule has 16 heavy (non-hydrogen) atoms. The Morgan fingerprint density at radius 3 is 3.00 bits per heavy atom. The topological polar surface area (TPSA) is 20.3 Å². The molecular weight excluding hydrogens is 222 g/mol. The first kappa shape index (κ1) is 11.5. The molecule has 1 unspecified atom stereocenters. The molecule has 0 radical (unpaired) electrons. The first-order chi connectivity index (χ1) is 7.74. The Morgan fingerprint density at radius 2 is 2.25 bits per heavy atom. The fourth-order valence-corrected chi connectivity index (χ4v) is 2.23. The number of fused-ring (bicyclic) bond motifs is 1. The molecule has 1 heterocycles. The number of rotatable bonds is 2. The number of alkyl halides is 1. The number of anilines is 1. The normalized spacial score (nSPS) is 16.8. The van der Waals surface area contributed by atoms with Crippen LogP contribution in [0.5, 0.6) is 0 Å². The molecule has 0 aromatic heterocycles. The fourth-order valence-electron chi connectivity index (χ4n) is 2.09. The second-order valence-electron chi connectivity index (χ2n) is 4.28. The molecule has 1 aromatic carbocycles. The zero-order valence-electron chi connectivity index (χ0n) is 9.45. The van der Waals surface area contributed by atoms with Crippen LogP contribution in [0.15, 0.2) is 24.3 Å². The van der Waals surface area contributed by atoms with E-state index in [2.05, 4.69) is 6.07 Å². The summed E-state index contributed by atoms with van der Waals surface area (Å²) in [5.41, 5.74) is 2.33. The molecule has 0 spiro atoms. The molecule has 2 nitrogen and oxygen atoms in total. The van der Waals surface area contributed by atoms with Gasteiger partial charge in [-0.3, -0.25) is 4.79 Å². The van der Waals surface area contributed by atoms with Gasteiger partial charge in [-0.2, -0.15) is 0 Å². The Bertz CT molecular complexity index is 391. The van der Waals surface area contributed by atoms with E-state index in [1.54, 1.807) is 0 Å². The monoisotopic (exact) mass is 237 g/mol. The number of nitrogens with zero attached hydrogens (tertiary/aromatic N) is 1. The van der Waals surface area contributed by atoms with Crippen LogP contribution >= 0.6 is 11.6 Å². The number of hydrogen-bond acceptors (Lipinski definition) is 1. The number of hydrogen-bond donors (Lipinski definition) is 0. The number of benzene rings is 1. The Balaban J connectivity index is 2.28. The third kappa shape index (κ3) is 2.07. The number of aryl methyl sites for hydroxylation is 1. The third-order valence-corrected chi connectivity index (χ3v) is 3.49. The summed E-state index contributed by atoms with van der Waals surface area (Å²) in [4.78, 5) is 14.0. The van der Waals surface area contributed by atoms with Gasteiger partial charge in [-0.15, -0.1) is 11.6 Å². The first-order valence-electron chi connectivity index (χ1n) is 5.69. The maximum Gasteiger partial charge on any atom is 0.231 e. The summed E-state index contributed by atoms with van der Waals surface area (Å²) >= 11 is 5.75. The molecule has 2 rings (SSSR count). The van der Waals surface area contributed by atoms with Crippen molar-refractivity contribution >= 4 is 23.2 Å². The molecule has 0 aliphatic carbocycles. The summed E-state index contributed by atoms with van der Waals surface area (Å²) in [6.07, 6.45) is 2.10. The van der Waals surface area contributed by atoms with Gasteiger partial charge >= 0.3 is 0 Å². The molecule has 0 saturated carbocycles. The zero-order valence-corrected chi connectivity index (χ0v) is 10.2. The quantitative estimate of drug-likeness (QED) is 0.725. The van der Waals surface area contributed by atoms with E-state index in [1.165, 1.54) is 5.56 Å². The van der Waals surface area contributed by atoms with Gasteiger partial charge in [0, 0.05) is 24.0 Å². The third-order valence-electron chi connectivity index (χ3n) is 3.03. The minimum absolute atomic E-state index is 0.104. The SMILES string of the molecule is CC(CCl)C(=O)N1CCCc2ccccc21. The average Bonchev–Trinajstić information content (AvgIpc) is 2.36. The molecule has 1 aliphatic heterocycles. The highest BCUT2D eigenvalue weighted by atomic mass is 35.5. The van der Waals surface area contributed by atoms with Gasteiger partial charge in [0.2, 0.25) is 5.91 Å². The predicted molar refractivity (Wildman–Crippen MR) is 67.0 cm³/mol. The Labute approximate surface area is 101 Å². The Morgan fingerprint density at radius 1 is 1.50 bits per heavy atom. The molecule has 1 aromatic rings. The van der Waals surface area contributed by atoms with E-state index in [9.17, 15) is 4.79 Å². The van der Waals surface area contributed by atoms with Crippen molar-refractivity contribution in [1.29, 1.82) is 0 Å². The minimum Gasteiger partial charge on any atom is -0.312 e. The van der Waals surface area contributed by atoms with Crippen LogP contribution in [-0.4, -0.2) is 18.3 Å². The van der Waals surface area contributed by atoms with E-state index < -0.39 is 0 Å². The van der Waals surface area contributed by atoms with E-state index in [0.29, 0.717) is 5.88 Å². The van der Waals surface area contributed by atoms with Gasteiger partial charge in [-0.1, -0.05) is 25.1 Å². The largest absolute Gasteiger partial charge is 0.312 e. The van der Waals surface area contributed by atoms with Crippen LogP contribution in [0.4, 0.5) is 5.69 Å². The van der Waals surface area contributed by atoms with Gasteiger partial charge in [0.05, 0.1) is 0 Å². The number of carbonyl (C=O) groups excluding carboxylic acids is 1. The minimum atomic E-state index is -0.104. The van der Waals surface area contributed by atoms with Gasteiger partial charge in [0.25, 0.3) is 0 Å². The molecule has 86 valence electrons. The number of halogens is 1. The van der Waals surface area contributed by atoms with Crippen LogP contribution in [0.25, 0.3) is 0 Å². The van der Waals surface area contributed by atoms with Crippen molar-refractivity contribution in [3.05, 3.63) is 29.8 Å². The van der Waals surface area contributed by atoms with Gasteiger partial charge < -0.3 is 4.90 Å². The Kier molecular flexibility index (Phi) is 3.49. The van der Waals surface area contributed by atoms with Gasteiger partial charge in [-0.05, 0) is 24.5 Å². The lowest BCUT2D eigenvalue weighted by Crippen LogP contribution is -2.39. The lowest BCUT2D eigenvalue weighted by Gasteiger charge is -2.31. The molecule has 0 N–H and O–H groups in total. The summed E-state index contributed by atoms with van der Waals surface area (Å²) in [6.45, 7) is 2.70. The van der Waals surface area contributed by atoms with E-state index >= 15 is 0 Å². The summed E-state index contributed by atoms with van der Waals surface area (Å²) < 4.78 is 0. The van der Waals surface area contributed by atoms with E-state index in [4.69, 9.17) is 11.6 Å². The van der Waals surface area contributed by atoms with Crippen molar-refractivity contribution < 1.29 is 4.79 Å². The summed E-state index contributed by atoms with van der Waals surface area (Å²) in [6, 6.07) is 8.13. The van der Waals surface area contributed by atoms with Crippen LogP contribution in [-0.2, 0) is 11.2 Å². The van der Waals surface area contributed by atoms with Crippen LogP contribution in [0.2, 0.25) is 0 Å². The fraction of sp³-hybridized carbons (Fsp3) is 0.462. The number of para-hydroxylation sites is 1. The lowest BCUT2D eigenvalue weighted by molar-refractivity contribution is -0.121. The highest BCUT2D eigenvalue weighted by Gasteiger charge is 2.25. The smallest absolute Gasteiger partial charge is 0.231 e. The molecule has 0 saturated heterocycles. The average molecular weight is 238 g/mol. The lowest BCUT2D eigenvalue weighted by atomic mass is 10.0. The number of amides is 1. The van der Waals surface area contributed by atoms with Gasteiger partial charge in [-0.25, -0.2) is 0 Å². The van der Waals surface area contributed by atoms with Crippen molar-refractivity contribution in [2.24, 2.45) is 5.92 Å². The second-order valence-corrected chi connectivity index (χ2v) is 4.59. The van der Waals surface area contributed by atoms with Crippen molar-refractivity contribution in [2.75, 3.05) is 17.3 Å². The zero-order chi connectivity index (χ0) is 11.5. The molecule has 3 heteroatoms. The van der Waals surface area contributed by atoms with Crippen molar-refractivity contribution in [3.8, 4) is 0 Å². The Hall–Kier alpha value is -1.02. The number of carbonyl (C=O) groups is 1. The molecular formula is C13H16ClNO. The predicted octanol–water partition coefficient (Wildman–Crippen LogP) is 2.84. The summed E-state index contributed by atoms with van der Waals surface area (Å²) in [5.74, 6) is 0.423. The summed E-state index contributed by atoms with van der Waals surface area (Å²) in [5, 5.41) is 0. The van der Waals surface area contributed by atoms with Crippen LogP contribution < -0.4 is 4.90 Å². The first-order valence-corrected chi connectivity index (χ1v) is 6.22. The van der Waals surface area contributed by atoms with Crippen LogP contribution in [0.3, 0.4) is 0 Å². The molecule has 1 amide bonds. The molecule has 0 fully saturated rings. The molecule has 1 atom stereocenters. The maximum atomic E-state index is 12.1. The van der Waals surface area contributed by atoms with Crippen molar-refractivity contribution in [1.82, 2.24) is 0 Å². The van der Waals surface area contributed by atoms with Crippen molar-refractivity contribution in [3.63, 3.8) is 0 Å². The van der Waals surface area contributed by atoms with E-state index in [0.717, 1.165) is 25.1 Å².